The highest BCUT2D eigenvalue weighted by molar-refractivity contribution is 8.13. The Balaban J connectivity index is 1.75. The second-order valence-electron chi connectivity index (χ2n) is 6.17. The molecule has 4 heterocycles. The lowest BCUT2D eigenvalue weighted by molar-refractivity contribution is 0.365. The summed E-state index contributed by atoms with van der Waals surface area (Å²) in [6.45, 7) is 2.98. The molecule has 1 saturated heterocycles. The number of methoxy groups -OCH3 is 1. The van der Waals surface area contributed by atoms with Gasteiger partial charge in [-0.25, -0.2) is 9.98 Å². The van der Waals surface area contributed by atoms with Gasteiger partial charge in [0.15, 0.2) is 5.17 Å². The predicted molar refractivity (Wildman–Crippen MR) is 99.1 cm³/mol. The summed E-state index contributed by atoms with van der Waals surface area (Å²) >= 11 is 3.27. The third-order valence-corrected chi connectivity index (χ3v) is 6.68. The zero-order chi connectivity index (χ0) is 17.6. The third kappa shape index (κ3) is 2.65. The van der Waals surface area contributed by atoms with Gasteiger partial charge >= 0.3 is 0 Å². The van der Waals surface area contributed by atoms with Crippen LogP contribution in [-0.4, -0.2) is 41.1 Å². The van der Waals surface area contributed by atoms with Crippen LogP contribution in [0.1, 0.15) is 10.6 Å². The molecule has 9 heteroatoms. The number of thioether (sulfide) groups is 1. The molecule has 2 aliphatic heterocycles. The summed E-state index contributed by atoms with van der Waals surface area (Å²) in [5, 5.41) is 2.67. The van der Waals surface area contributed by atoms with Crippen LogP contribution in [0, 0.1) is 18.7 Å². The number of hydrogen-bond acceptors (Lipinski definition) is 8. The van der Waals surface area contributed by atoms with Crippen molar-refractivity contribution in [3.8, 4) is 5.88 Å². The smallest absolute Gasteiger partial charge is 0.255 e. The monoisotopic (exact) mass is 379 g/mol. The summed E-state index contributed by atoms with van der Waals surface area (Å²) < 4.78 is 19.1. The molecule has 2 aliphatic rings. The first-order chi connectivity index (χ1) is 12.0. The van der Waals surface area contributed by atoms with Gasteiger partial charge in [0.05, 0.1) is 19.3 Å². The van der Waals surface area contributed by atoms with Crippen LogP contribution in [0.3, 0.4) is 0 Å². The molecule has 0 saturated carbocycles. The van der Waals surface area contributed by atoms with Crippen LogP contribution in [-0.2, 0) is 5.54 Å². The molecular weight excluding hydrogens is 361 g/mol. The van der Waals surface area contributed by atoms with Crippen molar-refractivity contribution in [1.29, 1.82) is 0 Å². The Bertz CT molecular complexity index is 828. The number of nitrogens with zero attached hydrogens (tertiary/aromatic N) is 4. The number of aliphatic imine (C=N–C) groups is 1. The lowest BCUT2D eigenvalue weighted by Gasteiger charge is -2.33. The van der Waals surface area contributed by atoms with Gasteiger partial charge in [-0.15, -0.1) is 11.3 Å². The summed E-state index contributed by atoms with van der Waals surface area (Å²) in [7, 11) is 1.41. The Morgan fingerprint density at radius 3 is 3.00 bits per heavy atom. The molecular formula is C16H18FN5OS2. The average Bonchev–Trinajstić information content (AvgIpc) is 3.24. The van der Waals surface area contributed by atoms with E-state index in [1.807, 2.05) is 6.07 Å². The number of anilines is 1. The van der Waals surface area contributed by atoms with E-state index in [-0.39, 0.29) is 17.1 Å². The van der Waals surface area contributed by atoms with Gasteiger partial charge in [0.1, 0.15) is 5.54 Å². The molecule has 0 spiro atoms. The van der Waals surface area contributed by atoms with Gasteiger partial charge in [0.25, 0.3) is 5.88 Å². The van der Waals surface area contributed by atoms with Crippen LogP contribution < -0.4 is 15.4 Å². The number of thiophene rings is 1. The van der Waals surface area contributed by atoms with Crippen molar-refractivity contribution < 1.29 is 9.13 Å². The Morgan fingerprint density at radius 2 is 2.28 bits per heavy atom. The first-order valence-corrected chi connectivity index (χ1v) is 9.75. The lowest BCUT2D eigenvalue weighted by atomic mass is 9.87. The number of aryl methyl sites for hydroxylation is 1. The van der Waals surface area contributed by atoms with Crippen LogP contribution in [0.25, 0.3) is 0 Å². The van der Waals surface area contributed by atoms with E-state index >= 15 is 0 Å². The fraction of sp³-hybridized carbons (Fsp3) is 0.438. The molecule has 0 aromatic carbocycles. The highest BCUT2D eigenvalue weighted by atomic mass is 32.2. The minimum Gasteiger partial charge on any atom is -0.479 e. The van der Waals surface area contributed by atoms with Crippen molar-refractivity contribution >= 4 is 34.2 Å². The van der Waals surface area contributed by atoms with Gasteiger partial charge in [-0.2, -0.15) is 9.37 Å². The van der Waals surface area contributed by atoms with E-state index in [9.17, 15) is 4.39 Å². The molecule has 6 nitrogen and oxygen atoms in total. The van der Waals surface area contributed by atoms with Crippen LogP contribution in [0.5, 0.6) is 5.88 Å². The summed E-state index contributed by atoms with van der Waals surface area (Å²) in [4.78, 5) is 16.7. The van der Waals surface area contributed by atoms with E-state index in [0.29, 0.717) is 23.6 Å². The fourth-order valence-electron chi connectivity index (χ4n) is 3.44. The maximum atomic E-state index is 14.0. The Labute approximate surface area is 153 Å². The van der Waals surface area contributed by atoms with E-state index in [1.165, 1.54) is 12.0 Å². The average molecular weight is 379 g/mol. The quantitative estimate of drug-likeness (QED) is 0.882. The number of hydrogen-bond donors (Lipinski definition) is 1. The molecule has 0 bridgehead atoms. The lowest BCUT2D eigenvalue weighted by Crippen LogP contribution is -2.39. The summed E-state index contributed by atoms with van der Waals surface area (Å²) in [6, 6.07) is 4.13. The molecule has 2 aromatic heterocycles. The third-order valence-electron chi connectivity index (χ3n) is 4.69. The van der Waals surface area contributed by atoms with Crippen LogP contribution in [0.2, 0.25) is 0 Å². The molecule has 0 radical (unpaired) electrons. The SMILES string of the molecule is COc1nc(N2C[C@H]3CSC(N)=N[C@@]3(c3cccs3)C2)nc(C)c1F. The van der Waals surface area contributed by atoms with Gasteiger partial charge in [0.2, 0.25) is 11.8 Å². The number of fused-ring (bicyclic) bond motifs is 1. The molecule has 0 amide bonds. The Kier molecular flexibility index (Phi) is 4.07. The van der Waals surface area contributed by atoms with E-state index in [1.54, 1.807) is 30.0 Å². The summed E-state index contributed by atoms with van der Waals surface area (Å²) in [5.74, 6) is 1.11. The molecule has 2 aromatic rings. The Hall–Kier alpha value is -1.87. The van der Waals surface area contributed by atoms with Crippen molar-refractivity contribution in [1.82, 2.24) is 9.97 Å². The zero-order valence-electron chi connectivity index (χ0n) is 13.9. The maximum absolute atomic E-state index is 14.0. The summed E-state index contributed by atoms with van der Waals surface area (Å²) in [5.41, 5.74) is 5.94. The summed E-state index contributed by atoms with van der Waals surface area (Å²) in [6.07, 6.45) is 0. The van der Waals surface area contributed by atoms with Crippen LogP contribution >= 0.6 is 23.1 Å². The highest BCUT2D eigenvalue weighted by Crippen LogP contribution is 2.47. The standard InChI is InChI=1S/C16H18FN5OS2/c1-9-12(17)13(23-2)20-15(19-9)22-6-10-7-25-14(18)21-16(10,8-22)11-4-3-5-24-11/h3-5,10H,6-8H2,1-2H3,(H2,18,21)/t10-,16-/m0/s1. The molecule has 0 unspecified atom stereocenters. The molecule has 0 aliphatic carbocycles. The van der Waals surface area contributed by atoms with Crippen molar-refractivity contribution in [3.05, 3.63) is 33.9 Å². The number of rotatable bonds is 3. The van der Waals surface area contributed by atoms with E-state index in [4.69, 9.17) is 15.5 Å². The van der Waals surface area contributed by atoms with Gasteiger partial charge in [-0.3, -0.25) is 0 Å². The largest absolute Gasteiger partial charge is 0.479 e. The highest BCUT2D eigenvalue weighted by Gasteiger charge is 2.51. The van der Waals surface area contributed by atoms with Crippen molar-refractivity contribution in [2.45, 2.75) is 12.5 Å². The van der Waals surface area contributed by atoms with Gasteiger partial charge in [0, 0.05) is 23.1 Å². The maximum Gasteiger partial charge on any atom is 0.255 e. The second kappa shape index (κ2) is 6.14. The van der Waals surface area contributed by atoms with Crippen molar-refractivity contribution in [2.75, 3.05) is 30.9 Å². The van der Waals surface area contributed by atoms with Crippen LogP contribution in [0.15, 0.2) is 22.5 Å². The van der Waals surface area contributed by atoms with Crippen molar-refractivity contribution in [3.63, 3.8) is 0 Å². The fourth-order valence-corrected chi connectivity index (χ4v) is 5.36. The topological polar surface area (TPSA) is 76.6 Å². The first-order valence-electron chi connectivity index (χ1n) is 7.88. The molecule has 1 fully saturated rings. The molecule has 2 N–H and O–H groups in total. The minimum atomic E-state index is -0.520. The molecule has 4 rings (SSSR count). The second-order valence-corrected chi connectivity index (χ2v) is 8.16. The first kappa shape index (κ1) is 16.6. The zero-order valence-corrected chi connectivity index (χ0v) is 15.5. The number of aromatic nitrogens is 2. The predicted octanol–water partition coefficient (Wildman–Crippen LogP) is 2.39. The number of amidine groups is 1. The molecule has 132 valence electrons. The molecule has 25 heavy (non-hydrogen) atoms. The van der Waals surface area contributed by atoms with Crippen LogP contribution in [0.4, 0.5) is 10.3 Å². The number of halogens is 1. The number of nitrogens with two attached hydrogens (primary N) is 1. The van der Waals surface area contributed by atoms with E-state index in [0.717, 1.165) is 12.3 Å². The van der Waals surface area contributed by atoms with Gasteiger partial charge < -0.3 is 15.4 Å². The van der Waals surface area contributed by atoms with Gasteiger partial charge in [-0.05, 0) is 18.4 Å². The van der Waals surface area contributed by atoms with E-state index < -0.39 is 5.82 Å². The Morgan fingerprint density at radius 1 is 1.44 bits per heavy atom. The van der Waals surface area contributed by atoms with E-state index in [2.05, 4.69) is 26.3 Å². The normalized spacial score (nSPS) is 25.6. The van der Waals surface area contributed by atoms with Gasteiger partial charge in [-0.1, -0.05) is 17.8 Å². The van der Waals surface area contributed by atoms with Crippen molar-refractivity contribution in [2.24, 2.45) is 16.6 Å². The minimum absolute atomic E-state index is 0.0278. The molecule has 2 atom stereocenters. The number of ether oxygens (including phenoxy) is 1.